The number of aliphatic carboxylic acids is 1. The molecule has 0 aliphatic carbocycles. The molecule has 1 aromatic carbocycles. The topological polar surface area (TPSA) is 135 Å². The Hall–Kier alpha value is -3.46. The molecule has 1 aliphatic heterocycles. The number of pyridine rings is 1. The van der Waals surface area contributed by atoms with E-state index in [1.807, 2.05) is 52.0 Å². The fraction of sp³-hybridized carbons (Fsp3) is 0.548. The van der Waals surface area contributed by atoms with Crippen molar-refractivity contribution in [3.8, 4) is 11.1 Å². The fourth-order valence-corrected chi connectivity index (χ4v) is 5.08. The summed E-state index contributed by atoms with van der Waals surface area (Å²) in [6.45, 7) is 13.1. The second-order valence-electron chi connectivity index (χ2n) is 12.0. The van der Waals surface area contributed by atoms with Crippen LogP contribution in [-0.4, -0.2) is 51.7 Å². The third-order valence-corrected chi connectivity index (χ3v) is 7.10. The normalized spacial score (nSPS) is 14.3. The van der Waals surface area contributed by atoms with Crippen LogP contribution in [0.4, 0.5) is 4.79 Å². The largest absolute Gasteiger partial charge is 0.481 e. The Morgan fingerprint density at radius 2 is 1.75 bits per heavy atom. The van der Waals surface area contributed by atoms with Gasteiger partial charge < -0.3 is 25.8 Å². The number of likely N-dealkylation sites (tertiary alicyclic amines) is 1. The number of hydrogen-bond donors (Lipinski definition) is 3. The molecule has 218 valence electrons. The highest BCUT2D eigenvalue weighted by Gasteiger charge is 2.29. The average molecular weight is 553 g/mol. The van der Waals surface area contributed by atoms with Gasteiger partial charge in [-0.05, 0) is 75.1 Å². The molecule has 0 radical (unpaired) electrons. The van der Waals surface area contributed by atoms with Gasteiger partial charge in [0.05, 0.1) is 12.3 Å². The first kappa shape index (κ1) is 31.1. The zero-order valence-corrected chi connectivity index (χ0v) is 24.7. The highest BCUT2D eigenvalue weighted by Crippen LogP contribution is 2.34. The van der Waals surface area contributed by atoms with E-state index in [4.69, 9.17) is 15.5 Å². The van der Waals surface area contributed by atoms with Gasteiger partial charge in [-0.25, -0.2) is 4.79 Å². The molecular weight excluding hydrogens is 508 g/mol. The van der Waals surface area contributed by atoms with Gasteiger partial charge in [0.2, 0.25) is 5.91 Å². The standard InChI is InChI=1S/C31H44N4O5/c1-19(2)15-26-25(18-33-30(39)40-31(4,5)6)28(22-9-7-21(17-32)8-10-22)24(20(3)34-26)16-27(36)35-13-11-23(12-14-35)29(37)38/h7-10,19,23H,11-18,32H2,1-6H3,(H,33,39)(H,37,38). The number of benzene rings is 1. The van der Waals surface area contributed by atoms with Crippen molar-refractivity contribution in [2.75, 3.05) is 13.1 Å². The molecule has 1 saturated heterocycles. The number of aryl methyl sites for hydroxylation is 1. The summed E-state index contributed by atoms with van der Waals surface area (Å²) in [6.07, 6.45) is 1.21. The van der Waals surface area contributed by atoms with Crippen LogP contribution in [0.3, 0.4) is 0 Å². The van der Waals surface area contributed by atoms with Gasteiger partial charge in [-0.2, -0.15) is 0 Å². The molecule has 2 amide bonds. The average Bonchev–Trinajstić information content (AvgIpc) is 2.88. The molecule has 0 unspecified atom stereocenters. The maximum absolute atomic E-state index is 13.5. The number of carbonyl (C=O) groups excluding carboxylic acids is 2. The van der Waals surface area contributed by atoms with Crippen molar-refractivity contribution in [3.05, 3.63) is 52.3 Å². The number of aromatic nitrogens is 1. The zero-order valence-electron chi connectivity index (χ0n) is 24.7. The first-order chi connectivity index (χ1) is 18.8. The molecule has 2 heterocycles. The number of rotatable bonds is 9. The molecule has 0 atom stereocenters. The molecule has 0 bridgehead atoms. The third-order valence-electron chi connectivity index (χ3n) is 7.10. The molecule has 3 rings (SSSR count). The first-order valence-electron chi connectivity index (χ1n) is 14.1. The minimum absolute atomic E-state index is 0.0590. The summed E-state index contributed by atoms with van der Waals surface area (Å²) >= 11 is 0. The molecular formula is C31H44N4O5. The molecule has 1 aliphatic rings. The summed E-state index contributed by atoms with van der Waals surface area (Å²) < 4.78 is 5.49. The number of nitrogens with two attached hydrogens (primary N) is 1. The monoisotopic (exact) mass is 552 g/mol. The van der Waals surface area contributed by atoms with Gasteiger partial charge in [0, 0.05) is 43.1 Å². The van der Waals surface area contributed by atoms with E-state index < -0.39 is 23.6 Å². The van der Waals surface area contributed by atoms with E-state index in [0.717, 1.165) is 39.2 Å². The Kier molecular flexibility index (Phi) is 10.3. The number of piperidine rings is 1. The van der Waals surface area contributed by atoms with Crippen LogP contribution >= 0.6 is 0 Å². The van der Waals surface area contributed by atoms with Crippen molar-refractivity contribution in [3.63, 3.8) is 0 Å². The Morgan fingerprint density at radius 1 is 1.12 bits per heavy atom. The van der Waals surface area contributed by atoms with Gasteiger partial charge in [0.15, 0.2) is 0 Å². The van der Waals surface area contributed by atoms with Gasteiger partial charge in [-0.15, -0.1) is 0 Å². The van der Waals surface area contributed by atoms with E-state index in [1.54, 1.807) is 4.90 Å². The molecule has 9 heteroatoms. The molecule has 0 spiro atoms. The lowest BCUT2D eigenvalue weighted by atomic mass is 9.88. The smallest absolute Gasteiger partial charge is 0.407 e. The Bertz CT molecular complexity index is 1210. The number of nitrogens with one attached hydrogen (secondary N) is 1. The highest BCUT2D eigenvalue weighted by molar-refractivity contribution is 5.84. The fourth-order valence-electron chi connectivity index (χ4n) is 5.08. The summed E-state index contributed by atoms with van der Waals surface area (Å²) in [5, 5.41) is 12.3. The van der Waals surface area contributed by atoms with Crippen molar-refractivity contribution in [2.24, 2.45) is 17.6 Å². The van der Waals surface area contributed by atoms with Crippen molar-refractivity contribution in [2.45, 2.75) is 85.9 Å². The lowest BCUT2D eigenvalue weighted by molar-refractivity contribution is -0.145. The van der Waals surface area contributed by atoms with Gasteiger partial charge in [0.25, 0.3) is 0 Å². The van der Waals surface area contributed by atoms with Crippen LogP contribution in [-0.2, 0) is 40.3 Å². The minimum Gasteiger partial charge on any atom is -0.481 e. The summed E-state index contributed by atoms with van der Waals surface area (Å²) in [6, 6.07) is 7.94. The molecule has 4 N–H and O–H groups in total. The second-order valence-corrected chi connectivity index (χ2v) is 12.0. The van der Waals surface area contributed by atoms with E-state index >= 15 is 0 Å². The molecule has 1 aromatic heterocycles. The van der Waals surface area contributed by atoms with Crippen LogP contribution in [0.25, 0.3) is 11.1 Å². The number of carboxylic acid groups (broad SMARTS) is 1. The Labute approximate surface area is 237 Å². The number of alkyl carbamates (subject to hydrolysis) is 1. The van der Waals surface area contributed by atoms with Crippen molar-refractivity contribution >= 4 is 18.0 Å². The molecule has 9 nitrogen and oxygen atoms in total. The van der Waals surface area contributed by atoms with E-state index in [9.17, 15) is 19.5 Å². The van der Waals surface area contributed by atoms with Crippen LogP contribution in [0.2, 0.25) is 0 Å². The van der Waals surface area contributed by atoms with Crippen LogP contribution < -0.4 is 11.1 Å². The molecule has 40 heavy (non-hydrogen) atoms. The van der Waals surface area contributed by atoms with Crippen molar-refractivity contribution < 1.29 is 24.2 Å². The number of nitrogens with zero attached hydrogens (tertiary/aromatic N) is 2. The van der Waals surface area contributed by atoms with Crippen LogP contribution in [0.5, 0.6) is 0 Å². The summed E-state index contributed by atoms with van der Waals surface area (Å²) in [5.74, 6) is -0.956. The predicted molar refractivity (Wildman–Crippen MR) is 155 cm³/mol. The lowest BCUT2D eigenvalue weighted by Gasteiger charge is -2.31. The maximum atomic E-state index is 13.5. The Morgan fingerprint density at radius 3 is 2.27 bits per heavy atom. The quantitative estimate of drug-likeness (QED) is 0.414. The summed E-state index contributed by atoms with van der Waals surface area (Å²) in [5.41, 5.74) is 11.3. The number of carboxylic acids is 1. The first-order valence-corrected chi connectivity index (χ1v) is 14.1. The van der Waals surface area contributed by atoms with Gasteiger partial charge in [0.1, 0.15) is 5.60 Å². The van der Waals surface area contributed by atoms with Crippen LogP contribution in [0, 0.1) is 18.8 Å². The van der Waals surface area contributed by atoms with E-state index in [0.29, 0.717) is 44.8 Å². The van der Waals surface area contributed by atoms with Crippen molar-refractivity contribution in [1.29, 1.82) is 0 Å². The lowest BCUT2D eigenvalue weighted by Crippen LogP contribution is -2.41. The minimum atomic E-state index is -0.807. The summed E-state index contributed by atoms with van der Waals surface area (Å²) in [4.78, 5) is 44.3. The van der Waals surface area contributed by atoms with Crippen molar-refractivity contribution in [1.82, 2.24) is 15.2 Å². The SMILES string of the molecule is Cc1nc(CC(C)C)c(CNC(=O)OC(C)(C)C)c(-c2ccc(CN)cc2)c1CC(=O)N1CCC(C(=O)O)CC1. The van der Waals surface area contributed by atoms with Gasteiger partial charge in [-0.3, -0.25) is 14.6 Å². The predicted octanol–water partition coefficient (Wildman–Crippen LogP) is 4.60. The van der Waals surface area contributed by atoms with Crippen LogP contribution in [0.1, 0.15) is 75.5 Å². The zero-order chi connectivity index (χ0) is 29.6. The van der Waals surface area contributed by atoms with Crippen LogP contribution in [0.15, 0.2) is 24.3 Å². The maximum Gasteiger partial charge on any atom is 0.407 e. The highest BCUT2D eigenvalue weighted by atomic mass is 16.6. The molecule has 0 saturated carbocycles. The number of hydrogen-bond acceptors (Lipinski definition) is 6. The number of carbonyl (C=O) groups is 3. The van der Waals surface area contributed by atoms with Gasteiger partial charge in [-0.1, -0.05) is 38.1 Å². The number of amides is 2. The van der Waals surface area contributed by atoms with E-state index in [1.165, 1.54) is 0 Å². The summed E-state index contributed by atoms with van der Waals surface area (Å²) in [7, 11) is 0. The van der Waals surface area contributed by atoms with Gasteiger partial charge >= 0.3 is 12.1 Å². The third kappa shape index (κ3) is 8.27. The molecule has 2 aromatic rings. The molecule has 1 fully saturated rings. The Balaban J connectivity index is 2.06. The van der Waals surface area contributed by atoms with E-state index in [2.05, 4.69) is 19.2 Å². The second kappa shape index (κ2) is 13.3. The van der Waals surface area contributed by atoms with E-state index in [-0.39, 0.29) is 18.9 Å². The number of ether oxygens (including phenoxy) is 1.